The number of aliphatic carboxylic acids is 1. The van der Waals surface area contributed by atoms with Crippen molar-refractivity contribution in [3.8, 4) is 0 Å². The molecule has 1 aliphatic rings. The molecule has 0 aliphatic heterocycles. The van der Waals surface area contributed by atoms with Gasteiger partial charge in [0.1, 0.15) is 6.04 Å². The van der Waals surface area contributed by atoms with E-state index < -0.39 is 18.0 Å². The molecule has 3 N–H and O–H groups in total. The molecular formula is C15H20N2O3S. The first-order valence-electron chi connectivity index (χ1n) is 6.95. The third kappa shape index (κ3) is 4.39. The van der Waals surface area contributed by atoms with Gasteiger partial charge in [0.15, 0.2) is 0 Å². The van der Waals surface area contributed by atoms with E-state index in [-0.39, 0.29) is 6.04 Å². The van der Waals surface area contributed by atoms with Crippen molar-refractivity contribution in [1.29, 1.82) is 0 Å². The van der Waals surface area contributed by atoms with Crippen molar-refractivity contribution < 1.29 is 14.7 Å². The maximum Gasteiger partial charge on any atom is 0.326 e. The Labute approximate surface area is 128 Å². The lowest BCUT2D eigenvalue weighted by molar-refractivity contribution is -0.139. The number of hydrogen-bond donors (Lipinski definition) is 3. The van der Waals surface area contributed by atoms with E-state index in [9.17, 15) is 9.59 Å². The quantitative estimate of drug-likeness (QED) is 0.747. The maximum absolute atomic E-state index is 11.9. The highest BCUT2D eigenvalue weighted by molar-refractivity contribution is 7.98. The number of amides is 2. The number of nitrogens with one attached hydrogen (secondary N) is 2. The van der Waals surface area contributed by atoms with Crippen LogP contribution in [0.4, 0.5) is 4.79 Å². The normalized spacial score (nSPS) is 15.3. The highest BCUT2D eigenvalue weighted by Crippen LogP contribution is 2.21. The smallest absolute Gasteiger partial charge is 0.326 e. The summed E-state index contributed by atoms with van der Waals surface area (Å²) in [4.78, 5) is 23.0. The van der Waals surface area contributed by atoms with Crippen LogP contribution in [0.15, 0.2) is 24.3 Å². The van der Waals surface area contributed by atoms with E-state index in [4.69, 9.17) is 5.11 Å². The van der Waals surface area contributed by atoms with Crippen LogP contribution in [-0.4, -0.2) is 41.2 Å². The number of carboxylic acids is 1. The molecule has 2 rings (SSSR count). The summed E-state index contributed by atoms with van der Waals surface area (Å²) in [6.07, 6.45) is 3.93. The summed E-state index contributed by atoms with van der Waals surface area (Å²) in [5.74, 6) is -0.291. The third-order valence-electron chi connectivity index (χ3n) is 3.60. The zero-order chi connectivity index (χ0) is 15.2. The molecule has 1 atom stereocenters. The first-order valence-corrected chi connectivity index (χ1v) is 8.35. The van der Waals surface area contributed by atoms with E-state index in [1.165, 1.54) is 11.1 Å². The van der Waals surface area contributed by atoms with Gasteiger partial charge in [-0.2, -0.15) is 11.8 Å². The van der Waals surface area contributed by atoms with Crippen molar-refractivity contribution in [2.45, 2.75) is 31.3 Å². The van der Waals surface area contributed by atoms with E-state index in [2.05, 4.69) is 22.8 Å². The molecule has 1 aliphatic carbocycles. The molecule has 0 radical (unpaired) electrons. The minimum Gasteiger partial charge on any atom is -0.480 e. The number of urea groups is 1. The zero-order valence-corrected chi connectivity index (χ0v) is 12.8. The number of rotatable bonds is 6. The third-order valence-corrected chi connectivity index (χ3v) is 4.24. The standard InChI is InChI=1S/C15H20N2O3S/c1-21-7-6-13(14(18)19)17-15(20)16-12-8-10-4-2-3-5-11(10)9-12/h2-5,12-13H,6-9H2,1H3,(H,18,19)(H2,16,17,20). The molecule has 0 saturated carbocycles. The van der Waals surface area contributed by atoms with E-state index >= 15 is 0 Å². The monoisotopic (exact) mass is 308 g/mol. The van der Waals surface area contributed by atoms with Crippen LogP contribution in [0.3, 0.4) is 0 Å². The van der Waals surface area contributed by atoms with Gasteiger partial charge in [0.2, 0.25) is 0 Å². The predicted molar refractivity (Wildman–Crippen MR) is 83.7 cm³/mol. The molecular weight excluding hydrogens is 288 g/mol. The van der Waals surface area contributed by atoms with Crippen molar-refractivity contribution >= 4 is 23.8 Å². The lowest BCUT2D eigenvalue weighted by Crippen LogP contribution is -2.49. The number of hydrogen-bond acceptors (Lipinski definition) is 3. The van der Waals surface area contributed by atoms with Crippen LogP contribution in [0, 0.1) is 0 Å². The number of thioether (sulfide) groups is 1. The average molecular weight is 308 g/mol. The Bertz CT molecular complexity index is 496. The summed E-state index contributed by atoms with van der Waals surface area (Å²) in [5, 5.41) is 14.5. The first kappa shape index (κ1) is 15.7. The molecule has 6 heteroatoms. The van der Waals surface area contributed by atoms with Crippen LogP contribution >= 0.6 is 11.8 Å². The van der Waals surface area contributed by atoms with Crippen molar-refractivity contribution in [2.75, 3.05) is 12.0 Å². The van der Waals surface area contributed by atoms with E-state index in [1.54, 1.807) is 11.8 Å². The van der Waals surface area contributed by atoms with Crippen LogP contribution in [-0.2, 0) is 17.6 Å². The molecule has 0 fully saturated rings. The number of fused-ring (bicyclic) bond motifs is 1. The van der Waals surface area contributed by atoms with E-state index in [1.807, 2.05) is 18.4 Å². The summed E-state index contributed by atoms with van der Waals surface area (Å²) in [6, 6.07) is 6.91. The number of carbonyl (C=O) groups excluding carboxylic acids is 1. The second-order valence-electron chi connectivity index (χ2n) is 5.16. The summed E-state index contributed by atoms with van der Waals surface area (Å²) in [6.45, 7) is 0. The Hall–Kier alpha value is -1.69. The van der Waals surface area contributed by atoms with Crippen molar-refractivity contribution in [2.24, 2.45) is 0 Å². The van der Waals surface area contributed by atoms with Gasteiger partial charge in [0.05, 0.1) is 0 Å². The van der Waals surface area contributed by atoms with Gasteiger partial charge in [-0.25, -0.2) is 9.59 Å². The maximum atomic E-state index is 11.9. The van der Waals surface area contributed by atoms with Gasteiger partial charge in [0, 0.05) is 6.04 Å². The zero-order valence-electron chi connectivity index (χ0n) is 12.0. The minimum absolute atomic E-state index is 0.0393. The fourth-order valence-corrected chi connectivity index (χ4v) is 3.01. The molecule has 0 aromatic heterocycles. The highest BCUT2D eigenvalue weighted by atomic mass is 32.2. The molecule has 1 aromatic carbocycles. The SMILES string of the molecule is CSCCC(NC(=O)NC1Cc2ccccc2C1)C(=O)O. The Kier molecular flexibility index (Phi) is 5.50. The van der Waals surface area contributed by atoms with Crippen molar-refractivity contribution in [1.82, 2.24) is 10.6 Å². The van der Waals surface area contributed by atoms with Crippen LogP contribution in [0.25, 0.3) is 0 Å². The lowest BCUT2D eigenvalue weighted by atomic mass is 10.1. The second-order valence-corrected chi connectivity index (χ2v) is 6.15. The van der Waals surface area contributed by atoms with Gasteiger partial charge < -0.3 is 15.7 Å². The molecule has 0 saturated heterocycles. The summed E-state index contributed by atoms with van der Waals surface area (Å²) < 4.78 is 0. The summed E-state index contributed by atoms with van der Waals surface area (Å²) in [7, 11) is 0. The Balaban J connectivity index is 1.83. The van der Waals surface area contributed by atoms with Crippen molar-refractivity contribution in [3.05, 3.63) is 35.4 Å². The Morgan fingerprint density at radius 1 is 1.33 bits per heavy atom. The van der Waals surface area contributed by atoms with Crippen molar-refractivity contribution in [3.63, 3.8) is 0 Å². The largest absolute Gasteiger partial charge is 0.480 e. The number of carbonyl (C=O) groups is 2. The van der Waals surface area contributed by atoms with E-state index in [0.29, 0.717) is 12.2 Å². The minimum atomic E-state index is -0.992. The fraction of sp³-hybridized carbons (Fsp3) is 0.467. The molecule has 1 aromatic rings. The number of benzene rings is 1. The molecule has 21 heavy (non-hydrogen) atoms. The van der Waals surface area contributed by atoms with E-state index in [0.717, 1.165) is 12.8 Å². The topological polar surface area (TPSA) is 78.4 Å². The Morgan fingerprint density at radius 2 is 1.95 bits per heavy atom. The molecule has 2 amide bonds. The molecule has 0 heterocycles. The van der Waals surface area contributed by atoms with Crippen LogP contribution in [0.1, 0.15) is 17.5 Å². The molecule has 5 nitrogen and oxygen atoms in total. The summed E-state index contributed by atoms with van der Waals surface area (Å²) in [5.41, 5.74) is 2.50. The Morgan fingerprint density at radius 3 is 2.48 bits per heavy atom. The molecule has 1 unspecified atom stereocenters. The first-order chi connectivity index (χ1) is 10.1. The number of carboxylic acid groups (broad SMARTS) is 1. The highest BCUT2D eigenvalue weighted by Gasteiger charge is 2.24. The predicted octanol–water partition coefficient (Wildman–Crippen LogP) is 1.66. The van der Waals surface area contributed by atoms with Gasteiger partial charge in [-0.3, -0.25) is 0 Å². The molecule has 0 spiro atoms. The van der Waals surface area contributed by atoms with Gasteiger partial charge >= 0.3 is 12.0 Å². The van der Waals surface area contributed by atoms with Gasteiger partial charge in [-0.1, -0.05) is 24.3 Å². The average Bonchev–Trinajstić information content (AvgIpc) is 2.85. The van der Waals surface area contributed by atoms with Crippen LogP contribution < -0.4 is 10.6 Å². The van der Waals surface area contributed by atoms with Crippen LogP contribution in [0.2, 0.25) is 0 Å². The van der Waals surface area contributed by atoms with Gasteiger partial charge in [-0.05, 0) is 42.4 Å². The lowest BCUT2D eigenvalue weighted by Gasteiger charge is -2.17. The van der Waals surface area contributed by atoms with Crippen LogP contribution in [0.5, 0.6) is 0 Å². The summed E-state index contributed by atoms with van der Waals surface area (Å²) >= 11 is 1.56. The van der Waals surface area contributed by atoms with Gasteiger partial charge in [0.25, 0.3) is 0 Å². The second kappa shape index (κ2) is 7.36. The fourth-order valence-electron chi connectivity index (χ4n) is 2.54. The molecule has 114 valence electrons. The molecule has 0 bridgehead atoms. The van der Waals surface area contributed by atoms with Gasteiger partial charge in [-0.15, -0.1) is 0 Å².